The molecule has 1 rings (SSSR count). The molecule has 0 saturated carbocycles. The van der Waals surface area contributed by atoms with Crippen LogP contribution >= 0.6 is 0 Å². The Labute approximate surface area is 99.6 Å². The van der Waals surface area contributed by atoms with Gasteiger partial charge in [-0.3, -0.25) is 0 Å². The van der Waals surface area contributed by atoms with E-state index in [4.69, 9.17) is 0 Å². The highest BCUT2D eigenvalue weighted by Gasteiger charge is 2.07. The quantitative estimate of drug-likeness (QED) is 0.700. The molecule has 0 amide bonds. The fourth-order valence-corrected chi connectivity index (χ4v) is 1.92. The van der Waals surface area contributed by atoms with E-state index in [0.717, 1.165) is 19.3 Å². The maximum absolute atomic E-state index is 3.76. The van der Waals surface area contributed by atoms with Crippen LogP contribution in [0.4, 0.5) is 5.69 Å². The predicted octanol–water partition coefficient (Wildman–Crippen LogP) is 4.32. The van der Waals surface area contributed by atoms with E-state index >= 15 is 0 Å². The largest absolute Gasteiger partial charge is 0.382 e. The molecule has 0 aliphatic carbocycles. The number of aryl methyl sites for hydroxylation is 2. The van der Waals surface area contributed by atoms with Crippen molar-refractivity contribution in [2.45, 2.75) is 46.1 Å². The molecule has 1 heteroatoms. The Morgan fingerprint density at radius 1 is 1.44 bits per heavy atom. The normalized spacial score (nSPS) is 12.2. The molecule has 1 aromatic rings. The maximum atomic E-state index is 3.76. The summed E-state index contributed by atoms with van der Waals surface area (Å²) >= 11 is 0. The molecule has 0 fully saturated rings. The maximum Gasteiger partial charge on any atom is 0.0404 e. The molecular formula is C15H23N. The van der Waals surface area contributed by atoms with Gasteiger partial charge < -0.3 is 5.32 Å². The second-order valence-corrected chi connectivity index (χ2v) is 4.37. The number of hydrogen-bond acceptors (Lipinski definition) is 1. The molecule has 0 bridgehead atoms. The zero-order valence-electron chi connectivity index (χ0n) is 10.7. The van der Waals surface area contributed by atoms with Crippen LogP contribution in [0.15, 0.2) is 30.9 Å². The number of allylic oxidation sites excluding steroid dienone is 1. The van der Waals surface area contributed by atoms with Crippen molar-refractivity contribution in [2.24, 2.45) is 0 Å². The fraction of sp³-hybridized carbons (Fsp3) is 0.467. The first-order valence-electron chi connectivity index (χ1n) is 6.15. The first-order chi connectivity index (χ1) is 7.69. The van der Waals surface area contributed by atoms with E-state index in [9.17, 15) is 0 Å². The minimum atomic E-state index is 0.504. The van der Waals surface area contributed by atoms with Crippen LogP contribution in [0.3, 0.4) is 0 Å². The minimum absolute atomic E-state index is 0.504. The van der Waals surface area contributed by atoms with Crippen molar-refractivity contribution in [3.05, 3.63) is 42.0 Å². The van der Waals surface area contributed by atoms with Crippen molar-refractivity contribution in [3.8, 4) is 0 Å². The Morgan fingerprint density at radius 2 is 2.19 bits per heavy atom. The lowest BCUT2D eigenvalue weighted by molar-refractivity contribution is 0.717. The number of rotatable bonds is 6. The Hall–Kier alpha value is -1.24. The molecule has 0 spiro atoms. The number of benzene rings is 1. The molecule has 0 aliphatic heterocycles. The van der Waals surface area contributed by atoms with Gasteiger partial charge in [-0.2, -0.15) is 0 Å². The molecule has 0 aromatic heterocycles. The van der Waals surface area contributed by atoms with Gasteiger partial charge in [0.2, 0.25) is 0 Å². The summed E-state index contributed by atoms with van der Waals surface area (Å²) in [4.78, 5) is 0. The third-order valence-electron chi connectivity index (χ3n) is 2.93. The Balaban J connectivity index is 2.74. The van der Waals surface area contributed by atoms with Crippen LogP contribution in [0.5, 0.6) is 0 Å². The van der Waals surface area contributed by atoms with E-state index in [-0.39, 0.29) is 0 Å². The molecule has 0 radical (unpaired) electrons. The van der Waals surface area contributed by atoms with Crippen molar-refractivity contribution < 1.29 is 0 Å². The van der Waals surface area contributed by atoms with Crippen molar-refractivity contribution in [2.75, 3.05) is 5.32 Å². The summed E-state index contributed by atoms with van der Waals surface area (Å²) in [7, 11) is 0. The standard InChI is InChI=1S/C15H23N/c1-5-7-10-13(4)16-15-12(3)9-8-11-14(15)6-2/h5,8-9,11,13,16H,1,6-7,10H2,2-4H3. The lowest BCUT2D eigenvalue weighted by Crippen LogP contribution is -2.16. The second kappa shape index (κ2) is 6.37. The van der Waals surface area contributed by atoms with Crippen LogP contribution in [-0.2, 0) is 6.42 Å². The summed E-state index contributed by atoms with van der Waals surface area (Å²) in [6, 6.07) is 7.01. The van der Waals surface area contributed by atoms with Gasteiger partial charge in [-0.1, -0.05) is 31.2 Å². The molecule has 0 aliphatic rings. The summed E-state index contributed by atoms with van der Waals surface area (Å²) in [5, 5.41) is 3.62. The van der Waals surface area contributed by atoms with E-state index in [2.05, 4.69) is 50.9 Å². The zero-order chi connectivity index (χ0) is 12.0. The lowest BCUT2D eigenvalue weighted by atomic mass is 10.0. The van der Waals surface area contributed by atoms with Gasteiger partial charge >= 0.3 is 0 Å². The van der Waals surface area contributed by atoms with Gasteiger partial charge in [0.25, 0.3) is 0 Å². The van der Waals surface area contributed by atoms with E-state index in [1.165, 1.54) is 16.8 Å². The molecule has 0 heterocycles. The minimum Gasteiger partial charge on any atom is -0.382 e. The highest BCUT2D eigenvalue weighted by Crippen LogP contribution is 2.22. The summed E-state index contributed by atoms with van der Waals surface area (Å²) in [6.45, 7) is 10.4. The molecule has 1 unspecified atom stereocenters. The van der Waals surface area contributed by atoms with Gasteiger partial charge in [-0.15, -0.1) is 6.58 Å². The first-order valence-corrected chi connectivity index (χ1v) is 6.15. The molecule has 16 heavy (non-hydrogen) atoms. The molecule has 1 aromatic carbocycles. The smallest absolute Gasteiger partial charge is 0.0404 e. The van der Waals surface area contributed by atoms with E-state index in [1.807, 2.05) is 6.08 Å². The summed E-state index contributed by atoms with van der Waals surface area (Å²) in [6.07, 6.45) is 5.28. The van der Waals surface area contributed by atoms with E-state index in [0.29, 0.717) is 6.04 Å². The molecule has 88 valence electrons. The van der Waals surface area contributed by atoms with Crippen molar-refractivity contribution in [1.29, 1.82) is 0 Å². The van der Waals surface area contributed by atoms with Crippen LogP contribution in [0.25, 0.3) is 0 Å². The SMILES string of the molecule is C=CCCC(C)Nc1c(C)cccc1CC. The molecule has 1 N–H and O–H groups in total. The Bertz CT molecular complexity index is 341. The predicted molar refractivity (Wildman–Crippen MR) is 73.1 cm³/mol. The Morgan fingerprint density at radius 3 is 2.81 bits per heavy atom. The molecular weight excluding hydrogens is 194 g/mol. The third-order valence-corrected chi connectivity index (χ3v) is 2.93. The number of anilines is 1. The van der Waals surface area contributed by atoms with Gasteiger partial charge in [0.15, 0.2) is 0 Å². The van der Waals surface area contributed by atoms with Gasteiger partial charge in [-0.05, 0) is 44.2 Å². The van der Waals surface area contributed by atoms with Gasteiger partial charge in [0.1, 0.15) is 0 Å². The molecule has 1 atom stereocenters. The number of hydrogen-bond donors (Lipinski definition) is 1. The van der Waals surface area contributed by atoms with Crippen molar-refractivity contribution in [3.63, 3.8) is 0 Å². The van der Waals surface area contributed by atoms with Crippen LogP contribution in [0, 0.1) is 6.92 Å². The van der Waals surface area contributed by atoms with Crippen LogP contribution < -0.4 is 5.32 Å². The van der Waals surface area contributed by atoms with Crippen molar-refractivity contribution in [1.82, 2.24) is 0 Å². The van der Waals surface area contributed by atoms with E-state index in [1.54, 1.807) is 0 Å². The van der Waals surface area contributed by atoms with Crippen LogP contribution in [0.1, 0.15) is 37.8 Å². The average Bonchev–Trinajstić information content (AvgIpc) is 2.29. The average molecular weight is 217 g/mol. The first kappa shape index (κ1) is 12.8. The number of nitrogens with one attached hydrogen (secondary N) is 1. The third kappa shape index (κ3) is 3.41. The highest BCUT2D eigenvalue weighted by molar-refractivity contribution is 5.57. The van der Waals surface area contributed by atoms with Crippen LogP contribution in [0.2, 0.25) is 0 Å². The summed E-state index contributed by atoms with van der Waals surface area (Å²) in [5.74, 6) is 0. The summed E-state index contributed by atoms with van der Waals surface area (Å²) in [5.41, 5.74) is 4.07. The summed E-state index contributed by atoms with van der Waals surface area (Å²) < 4.78 is 0. The van der Waals surface area contributed by atoms with Gasteiger partial charge in [0, 0.05) is 11.7 Å². The second-order valence-electron chi connectivity index (χ2n) is 4.37. The molecule has 1 nitrogen and oxygen atoms in total. The number of para-hydroxylation sites is 1. The fourth-order valence-electron chi connectivity index (χ4n) is 1.92. The monoisotopic (exact) mass is 217 g/mol. The Kier molecular flexibility index (Phi) is 5.10. The lowest BCUT2D eigenvalue weighted by Gasteiger charge is -2.19. The topological polar surface area (TPSA) is 12.0 Å². The van der Waals surface area contributed by atoms with Gasteiger partial charge in [-0.25, -0.2) is 0 Å². The van der Waals surface area contributed by atoms with E-state index < -0.39 is 0 Å². The van der Waals surface area contributed by atoms with Crippen LogP contribution in [-0.4, -0.2) is 6.04 Å². The molecule has 0 saturated heterocycles. The highest BCUT2D eigenvalue weighted by atomic mass is 14.9. The van der Waals surface area contributed by atoms with Gasteiger partial charge in [0.05, 0.1) is 0 Å². The zero-order valence-corrected chi connectivity index (χ0v) is 10.7. The van der Waals surface area contributed by atoms with Crippen molar-refractivity contribution >= 4 is 5.69 Å².